The summed E-state index contributed by atoms with van der Waals surface area (Å²) >= 11 is 0. The van der Waals surface area contributed by atoms with Gasteiger partial charge < -0.3 is 0 Å². The number of aromatic amines is 1. The summed E-state index contributed by atoms with van der Waals surface area (Å²) in [7, 11) is 0. The van der Waals surface area contributed by atoms with Gasteiger partial charge in [-0.1, -0.05) is 18.2 Å². The summed E-state index contributed by atoms with van der Waals surface area (Å²) < 4.78 is 1.63. The molecule has 0 fully saturated rings. The Bertz CT molecular complexity index is 673. The van der Waals surface area contributed by atoms with Gasteiger partial charge in [-0.2, -0.15) is 15.2 Å². The lowest BCUT2D eigenvalue weighted by molar-refractivity contribution is 0.102. The quantitative estimate of drug-likeness (QED) is 0.736. The Morgan fingerprint density at radius 2 is 2.11 bits per heavy atom. The molecule has 94 valence electrons. The first-order valence-corrected chi connectivity index (χ1v) is 5.60. The van der Waals surface area contributed by atoms with Gasteiger partial charge in [0.05, 0.1) is 17.4 Å². The van der Waals surface area contributed by atoms with Crippen LogP contribution >= 0.6 is 0 Å². The fourth-order valence-electron chi connectivity index (χ4n) is 1.61. The van der Waals surface area contributed by atoms with Gasteiger partial charge in [0.1, 0.15) is 6.33 Å². The summed E-state index contributed by atoms with van der Waals surface area (Å²) in [5, 5.41) is 12.9. The van der Waals surface area contributed by atoms with Crippen molar-refractivity contribution in [2.75, 3.05) is 5.32 Å². The second-order valence-electron chi connectivity index (χ2n) is 3.80. The Morgan fingerprint density at radius 1 is 1.26 bits per heavy atom. The molecule has 3 aromatic rings. The number of aromatic nitrogens is 5. The molecular weight excluding hydrogens is 244 g/mol. The normalized spacial score (nSPS) is 10.3. The molecule has 7 nitrogen and oxygen atoms in total. The SMILES string of the molecule is O=C(Nc1ncn[nH]1)c1cnn(-c2ccccc2)c1. The van der Waals surface area contributed by atoms with E-state index in [9.17, 15) is 4.79 Å². The summed E-state index contributed by atoms with van der Waals surface area (Å²) in [5.74, 6) is 0.0105. The van der Waals surface area contributed by atoms with Crippen molar-refractivity contribution in [2.24, 2.45) is 0 Å². The Balaban J connectivity index is 1.80. The third kappa shape index (κ3) is 2.34. The van der Waals surface area contributed by atoms with Crippen LogP contribution in [0.3, 0.4) is 0 Å². The molecule has 3 rings (SSSR count). The van der Waals surface area contributed by atoms with Gasteiger partial charge >= 0.3 is 0 Å². The van der Waals surface area contributed by atoms with Crippen LogP contribution in [0.25, 0.3) is 5.69 Å². The lowest BCUT2D eigenvalue weighted by atomic mass is 10.3. The summed E-state index contributed by atoms with van der Waals surface area (Å²) in [6.45, 7) is 0. The first kappa shape index (κ1) is 11.1. The minimum atomic E-state index is -0.293. The van der Waals surface area contributed by atoms with Crippen molar-refractivity contribution >= 4 is 11.9 Å². The van der Waals surface area contributed by atoms with Gasteiger partial charge in [0, 0.05) is 6.20 Å². The van der Waals surface area contributed by atoms with Gasteiger partial charge in [-0.3, -0.25) is 10.1 Å². The summed E-state index contributed by atoms with van der Waals surface area (Å²) in [6, 6.07) is 9.55. The third-order valence-electron chi connectivity index (χ3n) is 2.51. The standard InChI is InChI=1S/C12H10N6O/c19-11(16-12-13-8-14-17-12)9-6-15-18(7-9)10-4-2-1-3-5-10/h1-8H,(H2,13,14,16,17,19). The van der Waals surface area contributed by atoms with Crippen molar-refractivity contribution in [1.82, 2.24) is 25.0 Å². The van der Waals surface area contributed by atoms with Crippen molar-refractivity contribution < 1.29 is 4.79 Å². The van der Waals surface area contributed by atoms with Crippen molar-refractivity contribution in [3.05, 3.63) is 54.6 Å². The highest BCUT2D eigenvalue weighted by atomic mass is 16.1. The molecule has 1 amide bonds. The number of para-hydroxylation sites is 1. The van der Waals surface area contributed by atoms with E-state index in [4.69, 9.17) is 0 Å². The van der Waals surface area contributed by atoms with Gasteiger partial charge in [-0.25, -0.2) is 9.78 Å². The molecule has 2 aromatic heterocycles. The van der Waals surface area contributed by atoms with Crippen LogP contribution in [-0.2, 0) is 0 Å². The topological polar surface area (TPSA) is 88.5 Å². The van der Waals surface area contributed by atoms with Crippen LogP contribution in [0.5, 0.6) is 0 Å². The molecule has 2 N–H and O–H groups in total. The van der Waals surface area contributed by atoms with E-state index in [1.807, 2.05) is 30.3 Å². The van der Waals surface area contributed by atoms with Crippen molar-refractivity contribution in [2.45, 2.75) is 0 Å². The van der Waals surface area contributed by atoms with Gasteiger partial charge in [0.15, 0.2) is 0 Å². The number of amides is 1. The predicted octanol–water partition coefficient (Wildman–Crippen LogP) is 1.24. The minimum Gasteiger partial charge on any atom is -0.291 e. The van der Waals surface area contributed by atoms with E-state index in [0.29, 0.717) is 11.5 Å². The monoisotopic (exact) mass is 254 g/mol. The van der Waals surface area contributed by atoms with Crippen LogP contribution < -0.4 is 5.32 Å². The molecule has 0 saturated carbocycles. The molecular formula is C12H10N6O. The average molecular weight is 254 g/mol. The number of carbonyl (C=O) groups excluding carboxylic acids is 1. The van der Waals surface area contributed by atoms with E-state index >= 15 is 0 Å². The number of hydrogen-bond acceptors (Lipinski definition) is 4. The van der Waals surface area contributed by atoms with E-state index in [0.717, 1.165) is 5.69 Å². The van der Waals surface area contributed by atoms with Gasteiger partial charge in [-0.15, -0.1) is 0 Å². The minimum absolute atomic E-state index is 0.293. The Hall–Kier alpha value is -2.96. The van der Waals surface area contributed by atoms with E-state index in [1.54, 1.807) is 10.9 Å². The van der Waals surface area contributed by atoms with Gasteiger partial charge in [0.2, 0.25) is 5.95 Å². The molecule has 0 aliphatic rings. The zero-order valence-electron chi connectivity index (χ0n) is 9.82. The summed E-state index contributed by atoms with van der Waals surface area (Å²) in [6.07, 6.45) is 4.47. The molecule has 0 aliphatic carbocycles. The average Bonchev–Trinajstić information content (AvgIpc) is 3.10. The number of rotatable bonds is 3. The number of anilines is 1. The molecule has 0 atom stereocenters. The number of nitrogens with one attached hydrogen (secondary N) is 2. The number of carbonyl (C=O) groups is 1. The maximum absolute atomic E-state index is 11.9. The predicted molar refractivity (Wildman–Crippen MR) is 67.9 cm³/mol. The van der Waals surface area contributed by atoms with Crippen LogP contribution in [0, 0.1) is 0 Å². The lowest BCUT2D eigenvalue weighted by Gasteiger charge is -1.99. The largest absolute Gasteiger partial charge is 0.291 e. The van der Waals surface area contributed by atoms with Crippen LogP contribution in [0.1, 0.15) is 10.4 Å². The zero-order valence-corrected chi connectivity index (χ0v) is 9.82. The van der Waals surface area contributed by atoms with Crippen molar-refractivity contribution in [3.8, 4) is 5.69 Å². The van der Waals surface area contributed by atoms with Crippen LogP contribution in [0.2, 0.25) is 0 Å². The fourth-order valence-corrected chi connectivity index (χ4v) is 1.61. The number of nitrogens with zero attached hydrogens (tertiary/aromatic N) is 4. The molecule has 0 aliphatic heterocycles. The zero-order chi connectivity index (χ0) is 13.1. The number of H-pyrrole nitrogens is 1. The van der Waals surface area contributed by atoms with E-state index < -0.39 is 0 Å². The fraction of sp³-hybridized carbons (Fsp3) is 0. The van der Waals surface area contributed by atoms with Crippen LogP contribution in [0.15, 0.2) is 49.1 Å². The molecule has 0 spiro atoms. The first-order valence-electron chi connectivity index (χ1n) is 5.60. The molecule has 0 saturated heterocycles. The maximum atomic E-state index is 11.9. The molecule has 19 heavy (non-hydrogen) atoms. The maximum Gasteiger partial charge on any atom is 0.261 e. The summed E-state index contributed by atoms with van der Waals surface area (Å²) in [5.41, 5.74) is 1.33. The Labute approximate surface area is 108 Å². The molecule has 2 heterocycles. The van der Waals surface area contributed by atoms with E-state index in [1.165, 1.54) is 12.5 Å². The highest BCUT2D eigenvalue weighted by Crippen LogP contribution is 2.08. The highest BCUT2D eigenvalue weighted by molar-refractivity contribution is 6.02. The van der Waals surface area contributed by atoms with Crippen LogP contribution in [0.4, 0.5) is 5.95 Å². The molecule has 0 radical (unpaired) electrons. The van der Waals surface area contributed by atoms with Gasteiger partial charge in [0.25, 0.3) is 5.91 Å². The number of benzene rings is 1. The van der Waals surface area contributed by atoms with Crippen molar-refractivity contribution in [1.29, 1.82) is 0 Å². The molecule has 1 aromatic carbocycles. The summed E-state index contributed by atoms with van der Waals surface area (Å²) in [4.78, 5) is 15.7. The van der Waals surface area contributed by atoms with E-state index in [2.05, 4.69) is 25.6 Å². The molecule has 0 unspecified atom stereocenters. The third-order valence-corrected chi connectivity index (χ3v) is 2.51. The van der Waals surface area contributed by atoms with Gasteiger partial charge in [-0.05, 0) is 12.1 Å². The van der Waals surface area contributed by atoms with Crippen molar-refractivity contribution in [3.63, 3.8) is 0 Å². The Morgan fingerprint density at radius 3 is 2.84 bits per heavy atom. The van der Waals surface area contributed by atoms with E-state index in [-0.39, 0.29) is 5.91 Å². The lowest BCUT2D eigenvalue weighted by Crippen LogP contribution is -2.12. The van der Waals surface area contributed by atoms with Crippen LogP contribution in [-0.4, -0.2) is 30.9 Å². The first-order chi connectivity index (χ1) is 9.33. The smallest absolute Gasteiger partial charge is 0.261 e. The second-order valence-corrected chi connectivity index (χ2v) is 3.80. The Kier molecular flexibility index (Phi) is 2.77. The second kappa shape index (κ2) is 4.73. The molecule has 0 bridgehead atoms. The number of hydrogen-bond donors (Lipinski definition) is 2. The highest BCUT2D eigenvalue weighted by Gasteiger charge is 2.10. The molecule has 7 heteroatoms.